The molecule has 2 aliphatic carbocycles. The van der Waals surface area contributed by atoms with E-state index in [1.165, 1.54) is 11.1 Å². The molecule has 0 aromatic heterocycles. The van der Waals surface area contributed by atoms with Crippen molar-refractivity contribution in [2.45, 2.75) is 33.3 Å². The largest absolute Gasteiger partial charge is 0 e. The molecule has 5 heteroatoms. The van der Waals surface area contributed by atoms with Gasteiger partial charge in [0, 0.05) is 17.1 Å². The molecule has 114 valence electrons. The molecule has 0 unspecified atom stereocenters. The quantitative estimate of drug-likeness (QED) is 0.339. The third kappa shape index (κ3) is 8.72. The molecule has 0 aromatic carbocycles. The van der Waals surface area contributed by atoms with Crippen molar-refractivity contribution >= 4 is 0 Å². The Labute approximate surface area is 137 Å². The van der Waals surface area contributed by atoms with Gasteiger partial charge in [-0.05, 0) is 24.3 Å². The molecule has 0 fully saturated rings. The van der Waals surface area contributed by atoms with E-state index in [2.05, 4.69) is 65.0 Å². The van der Waals surface area contributed by atoms with E-state index in [-0.39, 0.29) is 28.6 Å². The molecule has 1 atom stereocenters. The van der Waals surface area contributed by atoms with Gasteiger partial charge in [0.2, 0.25) is 0 Å². The maximum absolute atomic E-state index is 7.50. The average molecular weight is 330 g/mol. The summed E-state index contributed by atoms with van der Waals surface area (Å²) in [5.74, 6) is 0. The zero-order valence-corrected chi connectivity index (χ0v) is 13.4. The van der Waals surface area contributed by atoms with Crippen molar-refractivity contribution in [1.29, 1.82) is 0 Å². The monoisotopic (exact) mass is 330 g/mol. The Morgan fingerprint density at radius 3 is 1.95 bits per heavy atom. The molecule has 0 aromatic rings. The molecule has 0 radical (unpaired) electrons. The summed E-state index contributed by atoms with van der Waals surface area (Å²) < 4.78 is 28.4. The van der Waals surface area contributed by atoms with E-state index in [0.29, 0.717) is 0 Å². The van der Waals surface area contributed by atoms with Gasteiger partial charge in [0.05, 0.1) is 12.7 Å². The first-order chi connectivity index (χ1) is 9.58. The Hall–Kier alpha value is -1.08. The summed E-state index contributed by atoms with van der Waals surface area (Å²) in [6.07, 6.45) is 10.2. The Bertz CT molecular complexity index is 425. The van der Waals surface area contributed by atoms with Gasteiger partial charge in [-0.3, -0.25) is 0 Å². The zero-order chi connectivity index (χ0) is 16.2. The number of allylic oxidation sites excluding steroid dienone is 3. The maximum atomic E-state index is 7.50. The molecule has 0 saturated carbocycles. The van der Waals surface area contributed by atoms with Crippen LogP contribution in [0.1, 0.15) is 27.2 Å². The van der Waals surface area contributed by atoms with Crippen LogP contribution in [0.3, 0.4) is 0 Å². The molecule has 2 rings (SSSR count). The molecule has 0 bridgehead atoms. The third-order valence-electron chi connectivity index (χ3n) is 2.98. The van der Waals surface area contributed by atoms with Crippen molar-refractivity contribution in [3.63, 3.8) is 0 Å². The van der Waals surface area contributed by atoms with Crippen LogP contribution in [-0.4, -0.2) is 12.7 Å². The van der Waals surface area contributed by atoms with E-state index in [0.717, 1.165) is 13.0 Å². The van der Waals surface area contributed by atoms with Crippen LogP contribution >= 0.6 is 0 Å². The van der Waals surface area contributed by atoms with Crippen molar-refractivity contribution in [2.75, 3.05) is 6.61 Å². The van der Waals surface area contributed by atoms with Crippen LogP contribution in [-0.2, 0) is 35.8 Å². The van der Waals surface area contributed by atoms with Gasteiger partial charge in [-0.15, -0.1) is 0 Å². The van der Waals surface area contributed by atoms with E-state index in [1.807, 2.05) is 0 Å². The van der Waals surface area contributed by atoms with Crippen molar-refractivity contribution < 1.29 is 35.8 Å². The Balaban J connectivity index is -0.000000414. The van der Waals surface area contributed by atoms with Gasteiger partial charge >= 0.3 is 33.9 Å². The fraction of sp³-hybridized carbons (Fsp3) is 0.438. The first-order valence-corrected chi connectivity index (χ1v) is 5.86. The van der Waals surface area contributed by atoms with Gasteiger partial charge in [-0.1, -0.05) is 43.7 Å². The van der Waals surface area contributed by atoms with Gasteiger partial charge in [-0.25, -0.2) is 0 Å². The van der Waals surface area contributed by atoms with Crippen LogP contribution < -0.4 is 0 Å². The van der Waals surface area contributed by atoms with E-state index in [4.69, 9.17) is 18.7 Å². The van der Waals surface area contributed by atoms with Crippen molar-refractivity contribution in [3.05, 3.63) is 55.4 Å². The van der Waals surface area contributed by atoms with Crippen LogP contribution in [0.15, 0.2) is 35.5 Å². The fourth-order valence-corrected chi connectivity index (χ4v) is 1.99. The normalized spacial score (nSPS) is 19.2. The Morgan fingerprint density at radius 2 is 1.62 bits per heavy atom. The fourth-order valence-electron chi connectivity index (χ4n) is 1.99. The number of hydrogen-bond donors (Lipinski definition) is 0. The standard InChI is InChI=1S/C13H18O.3CO.Fe/c1-10-7-11(8-10)9-14-12-5-4-6-13(12,2)3;3*1-2;/h4-5,7-8,12H,6,9H2,1-3H3;;;;/t12-;;;;/m0..../s1. The summed E-state index contributed by atoms with van der Waals surface area (Å²) >= 11 is 0. The number of hydrogen-bond acceptors (Lipinski definition) is 1. The SMILES string of the molecule is CC1=CC(CO[C@H]2C=CCC2(C)C)=C1.[C-]#[O+].[C-]#[O+].[C-]#[O+].[Fe]. The van der Waals surface area contributed by atoms with Gasteiger partial charge in [-0.2, -0.15) is 0 Å². The molecule has 0 amide bonds. The van der Waals surface area contributed by atoms with Crippen molar-refractivity contribution in [3.8, 4) is 0 Å². The summed E-state index contributed by atoms with van der Waals surface area (Å²) in [7, 11) is 0. The third-order valence-corrected chi connectivity index (χ3v) is 2.98. The molecule has 21 heavy (non-hydrogen) atoms. The van der Waals surface area contributed by atoms with Crippen LogP contribution in [0.25, 0.3) is 0 Å². The molecule has 0 heterocycles. The van der Waals surface area contributed by atoms with Crippen LogP contribution in [0.4, 0.5) is 0 Å². The van der Waals surface area contributed by atoms with Gasteiger partial charge in [0.1, 0.15) is 0 Å². The Kier molecular flexibility index (Phi) is 16.5. The second-order valence-electron chi connectivity index (χ2n) is 4.96. The van der Waals surface area contributed by atoms with E-state index in [1.54, 1.807) is 0 Å². The Morgan fingerprint density at radius 1 is 1.14 bits per heavy atom. The first-order valence-electron chi connectivity index (χ1n) is 5.86. The molecular weight excluding hydrogens is 312 g/mol. The smallest absolute Gasteiger partial charge is 0 e. The summed E-state index contributed by atoms with van der Waals surface area (Å²) in [5, 5.41) is 0. The van der Waals surface area contributed by atoms with Crippen molar-refractivity contribution in [1.82, 2.24) is 0 Å². The summed E-state index contributed by atoms with van der Waals surface area (Å²) in [4.78, 5) is 0. The average Bonchev–Trinajstić information content (AvgIpc) is 2.79. The zero-order valence-electron chi connectivity index (χ0n) is 12.3. The number of ether oxygens (including phenoxy) is 1. The molecule has 0 N–H and O–H groups in total. The van der Waals surface area contributed by atoms with Crippen LogP contribution in [0, 0.1) is 25.4 Å². The summed E-state index contributed by atoms with van der Waals surface area (Å²) in [6, 6.07) is 0. The molecule has 0 aliphatic heterocycles. The van der Waals surface area contributed by atoms with Crippen molar-refractivity contribution in [2.24, 2.45) is 5.41 Å². The molecular formula is C16H18FeO4. The number of rotatable bonds is 3. The van der Waals surface area contributed by atoms with Gasteiger partial charge < -0.3 is 4.74 Å². The first kappa shape index (κ1) is 24.9. The maximum Gasteiger partial charge on any atom is 0 e. The molecule has 0 spiro atoms. The minimum atomic E-state index is 0. The summed E-state index contributed by atoms with van der Waals surface area (Å²) in [5.41, 5.74) is 2.95. The molecule has 2 aliphatic rings. The summed E-state index contributed by atoms with van der Waals surface area (Å²) in [6.45, 7) is 20.9. The second-order valence-corrected chi connectivity index (χ2v) is 4.96. The minimum absolute atomic E-state index is 0. The topological polar surface area (TPSA) is 68.9 Å². The second kappa shape index (κ2) is 13.9. The van der Waals surface area contributed by atoms with E-state index < -0.39 is 0 Å². The van der Waals surface area contributed by atoms with Gasteiger partial charge in [0.25, 0.3) is 0 Å². The van der Waals surface area contributed by atoms with Gasteiger partial charge in [0.15, 0.2) is 0 Å². The predicted octanol–water partition coefficient (Wildman–Crippen LogP) is 3.13. The predicted molar refractivity (Wildman–Crippen MR) is 70.9 cm³/mol. The minimum Gasteiger partial charge on any atom is 0 e. The van der Waals surface area contributed by atoms with E-state index >= 15 is 0 Å². The molecule has 4 nitrogen and oxygen atoms in total. The van der Waals surface area contributed by atoms with Crippen LogP contribution in [0.2, 0.25) is 0 Å². The van der Waals surface area contributed by atoms with E-state index in [9.17, 15) is 0 Å². The molecule has 0 saturated heterocycles. The van der Waals surface area contributed by atoms with Crippen LogP contribution in [0.5, 0.6) is 0 Å².